The van der Waals surface area contributed by atoms with Crippen LogP contribution in [0.1, 0.15) is 5.56 Å². The molecule has 17 heteroatoms. The molecule has 0 unspecified atom stereocenters. The zero-order chi connectivity index (χ0) is 40.2. The number of aryl methyl sites for hydroxylation is 1. The molecule has 0 atom stereocenters. The number of ether oxygens (including phenoxy) is 1. The monoisotopic (exact) mass is 882 g/mol. The van der Waals surface area contributed by atoms with E-state index in [9.17, 15) is 16.8 Å². The number of nitrogens with zero attached hydrogens (tertiary/aromatic N) is 6. The van der Waals surface area contributed by atoms with Crippen LogP contribution in [0.2, 0.25) is 10.0 Å². The molecule has 57 heavy (non-hydrogen) atoms. The van der Waals surface area contributed by atoms with Crippen molar-refractivity contribution in [1.82, 2.24) is 18.6 Å². The summed E-state index contributed by atoms with van der Waals surface area (Å²) >= 11 is 15.1. The van der Waals surface area contributed by atoms with Crippen molar-refractivity contribution in [3.8, 4) is 28.3 Å². The van der Waals surface area contributed by atoms with E-state index in [1.54, 1.807) is 66.2 Å². The number of benzene rings is 4. The van der Waals surface area contributed by atoms with Gasteiger partial charge in [-0.3, -0.25) is 0 Å². The first-order chi connectivity index (χ1) is 27.4. The van der Waals surface area contributed by atoms with Crippen LogP contribution in [0.25, 0.3) is 22.5 Å². The van der Waals surface area contributed by atoms with Crippen molar-refractivity contribution in [2.75, 3.05) is 69.3 Å². The maximum Gasteiger partial charge on any atom is 0.243 e. The summed E-state index contributed by atoms with van der Waals surface area (Å²) in [7, 11) is -5.43. The molecule has 6 aromatic rings. The van der Waals surface area contributed by atoms with Gasteiger partial charge in [0.2, 0.25) is 20.0 Å². The summed E-state index contributed by atoms with van der Waals surface area (Å²) in [6.45, 7) is 6.11. The molecular weight excluding hydrogens is 844 g/mol. The fourth-order valence-electron chi connectivity index (χ4n) is 6.53. The normalized spacial score (nSPS) is 15.6. The van der Waals surface area contributed by atoms with Gasteiger partial charge in [0, 0.05) is 84.3 Å². The van der Waals surface area contributed by atoms with E-state index in [0.29, 0.717) is 62.4 Å². The first-order valence-corrected chi connectivity index (χ1v) is 23.4. The van der Waals surface area contributed by atoms with E-state index in [1.807, 2.05) is 35.7 Å². The van der Waals surface area contributed by atoms with Crippen LogP contribution in [0, 0.1) is 6.92 Å². The number of rotatable bonds is 9. The number of hydrogen-bond donors (Lipinski definition) is 0. The van der Waals surface area contributed by atoms with Crippen LogP contribution in [-0.2, 0) is 20.0 Å². The summed E-state index contributed by atoms with van der Waals surface area (Å²) in [4.78, 5) is 14.2. The maximum absolute atomic E-state index is 12.9. The van der Waals surface area contributed by atoms with Crippen LogP contribution >= 0.6 is 45.9 Å². The molecule has 0 N–H and O–H groups in total. The minimum atomic E-state index is -3.55. The Morgan fingerprint density at radius 1 is 0.596 bits per heavy atom. The van der Waals surface area contributed by atoms with Gasteiger partial charge in [-0.1, -0.05) is 71.2 Å². The third-order valence-corrected chi connectivity index (χ3v) is 15.6. The summed E-state index contributed by atoms with van der Waals surface area (Å²) in [6.07, 6.45) is 0. The van der Waals surface area contributed by atoms with E-state index < -0.39 is 20.0 Å². The fraction of sp³-hybridized carbons (Fsp3) is 0.250. The van der Waals surface area contributed by atoms with Crippen LogP contribution in [0.4, 0.5) is 10.3 Å². The van der Waals surface area contributed by atoms with Gasteiger partial charge >= 0.3 is 0 Å². The molecule has 2 saturated heterocycles. The Hall–Kier alpha value is -4.06. The molecule has 0 spiro atoms. The lowest BCUT2D eigenvalue weighted by Crippen LogP contribution is -2.48. The summed E-state index contributed by atoms with van der Waals surface area (Å²) in [5.74, 6) is 0.779. The van der Waals surface area contributed by atoms with Crippen LogP contribution in [-0.4, -0.2) is 94.9 Å². The van der Waals surface area contributed by atoms with Gasteiger partial charge in [-0.2, -0.15) is 8.61 Å². The van der Waals surface area contributed by atoms with E-state index in [2.05, 4.69) is 40.3 Å². The minimum absolute atomic E-state index is 0.228. The molecule has 4 aromatic carbocycles. The Balaban J connectivity index is 0.000000174. The number of thiazole rings is 2. The number of hydrogen-bond acceptors (Lipinski definition) is 11. The van der Waals surface area contributed by atoms with Crippen LogP contribution in [0.3, 0.4) is 0 Å². The lowest BCUT2D eigenvalue weighted by Gasteiger charge is -2.33. The molecule has 0 aliphatic carbocycles. The largest absolute Gasteiger partial charge is 0.496 e. The van der Waals surface area contributed by atoms with Crippen LogP contribution in [0.5, 0.6) is 5.75 Å². The lowest BCUT2D eigenvalue weighted by molar-refractivity contribution is 0.384. The van der Waals surface area contributed by atoms with Crippen LogP contribution in [0.15, 0.2) is 118 Å². The first kappa shape index (κ1) is 41.1. The average Bonchev–Trinajstić information content (AvgIpc) is 3.93. The van der Waals surface area contributed by atoms with Gasteiger partial charge in [-0.15, -0.1) is 22.7 Å². The third kappa shape index (κ3) is 9.47. The van der Waals surface area contributed by atoms with Crippen molar-refractivity contribution in [2.24, 2.45) is 0 Å². The van der Waals surface area contributed by atoms with E-state index in [-0.39, 0.29) is 9.79 Å². The quantitative estimate of drug-likeness (QED) is 0.142. The molecule has 0 bridgehead atoms. The van der Waals surface area contributed by atoms with E-state index in [4.69, 9.17) is 37.9 Å². The number of sulfonamides is 2. The molecule has 8 rings (SSSR count). The van der Waals surface area contributed by atoms with Crippen molar-refractivity contribution >= 4 is 76.2 Å². The van der Waals surface area contributed by atoms with Crippen molar-refractivity contribution in [1.29, 1.82) is 0 Å². The number of piperazine rings is 2. The average molecular weight is 884 g/mol. The molecule has 0 radical (unpaired) electrons. The molecule has 2 aromatic heterocycles. The van der Waals surface area contributed by atoms with E-state index in [1.165, 1.54) is 26.3 Å². The van der Waals surface area contributed by atoms with Gasteiger partial charge in [0.05, 0.1) is 28.3 Å². The highest BCUT2D eigenvalue weighted by Gasteiger charge is 2.31. The van der Waals surface area contributed by atoms with Gasteiger partial charge in [0.15, 0.2) is 10.3 Å². The standard InChI is InChI=1S/C20H20ClN3O3S2.C20H20ClN3O2S2/c1-27-19-8-3-2-7-17(19)18-14-28-20(22-18)23-9-11-24(12-10-23)29(25,26)16-6-4-5-15(21)13-16;1-15-4-2-5-16(12-15)19-14-27-20(22-19)23-8-10-24(11-9-23)28(25,26)18-7-3-6-17(21)13-18/h2-8,13-14H,9-12H2,1H3;2-7,12-14H,8-11H2,1H3. The topological polar surface area (TPSA) is 116 Å². The summed E-state index contributed by atoms with van der Waals surface area (Å²) in [6, 6.07) is 28.8. The second kappa shape index (κ2) is 17.8. The van der Waals surface area contributed by atoms with Crippen molar-refractivity contribution in [3.05, 3.63) is 123 Å². The number of anilines is 2. The molecule has 0 amide bonds. The maximum atomic E-state index is 12.9. The Bertz CT molecular complexity index is 2550. The molecule has 4 heterocycles. The molecule has 0 saturated carbocycles. The van der Waals surface area contributed by atoms with Crippen LogP contribution < -0.4 is 14.5 Å². The number of aromatic nitrogens is 2. The van der Waals surface area contributed by atoms with Gasteiger partial charge in [-0.25, -0.2) is 26.8 Å². The molecule has 298 valence electrons. The fourth-order valence-corrected chi connectivity index (χ4v) is 11.7. The van der Waals surface area contributed by atoms with Crippen molar-refractivity contribution in [3.63, 3.8) is 0 Å². The summed E-state index contributed by atoms with van der Waals surface area (Å²) < 4.78 is 59.9. The predicted molar refractivity (Wildman–Crippen MR) is 231 cm³/mol. The van der Waals surface area contributed by atoms with Gasteiger partial charge in [-0.05, 0) is 61.5 Å². The number of halogens is 2. The van der Waals surface area contributed by atoms with Crippen molar-refractivity contribution in [2.45, 2.75) is 16.7 Å². The number of para-hydroxylation sites is 1. The highest BCUT2D eigenvalue weighted by Crippen LogP contribution is 2.34. The Morgan fingerprint density at radius 3 is 1.60 bits per heavy atom. The van der Waals surface area contributed by atoms with Gasteiger partial charge in [0.25, 0.3) is 0 Å². The molecule has 2 fully saturated rings. The second-order valence-corrected chi connectivity index (χ2v) is 19.7. The van der Waals surface area contributed by atoms with Crippen molar-refractivity contribution < 1.29 is 21.6 Å². The zero-order valence-electron chi connectivity index (χ0n) is 31.2. The highest BCUT2D eigenvalue weighted by molar-refractivity contribution is 7.89. The van der Waals surface area contributed by atoms with E-state index >= 15 is 0 Å². The zero-order valence-corrected chi connectivity index (χ0v) is 35.9. The summed E-state index contributed by atoms with van der Waals surface area (Å²) in [5, 5.41) is 6.70. The smallest absolute Gasteiger partial charge is 0.243 e. The van der Waals surface area contributed by atoms with Gasteiger partial charge < -0.3 is 14.5 Å². The lowest BCUT2D eigenvalue weighted by atomic mass is 10.1. The molecule has 11 nitrogen and oxygen atoms in total. The Labute approximate surface area is 351 Å². The Morgan fingerprint density at radius 2 is 1.09 bits per heavy atom. The third-order valence-electron chi connectivity index (χ3n) is 9.57. The second-order valence-electron chi connectivity index (χ2n) is 13.3. The van der Waals surface area contributed by atoms with Gasteiger partial charge in [0.1, 0.15) is 5.75 Å². The Kier molecular flexibility index (Phi) is 12.9. The molecule has 2 aliphatic rings. The first-order valence-electron chi connectivity index (χ1n) is 18.1. The number of methoxy groups -OCH3 is 1. The minimum Gasteiger partial charge on any atom is -0.496 e. The SMILES string of the molecule is COc1ccccc1-c1csc(N2CCN(S(=O)(=O)c3cccc(Cl)c3)CC2)n1.Cc1cccc(-c2csc(N3CCN(S(=O)(=O)c4cccc(Cl)c4)CC3)n2)c1. The highest BCUT2D eigenvalue weighted by atomic mass is 35.5. The van der Waals surface area contributed by atoms with E-state index in [0.717, 1.165) is 38.5 Å². The predicted octanol–water partition coefficient (Wildman–Crippen LogP) is 8.27. The molecular formula is C40H40Cl2N6O5S4. The molecule has 2 aliphatic heterocycles. The summed E-state index contributed by atoms with van der Waals surface area (Å²) in [5.41, 5.74) is 5.06.